The zero-order valence-corrected chi connectivity index (χ0v) is 16.1. The SMILES string of the molecule is O=C(Nc1ccc(N2CCN(c3ccccc3)CC2)cn1)c1ccccc1Cl. The van der Waals surface area contributed by atoms with Crippen LogP contribution < -0.4 is 15.1 Å². The van der Waals surface area contributed by atoms with E-state index in [9.17, 15) is 4.79 Å². The van der Waals surface area contributed by atoms with Crippen molar-refractivity contribution < 1.29 is 4.79 Å². The molecule has 2 aromatic carbocycles. The molecule has 1 amide bonds. The Kier molecular flexibility index (Phi) is 5.44. The summed E-state index contributed by atoms with van der Waals surface area (Å²) in [5.41, 5.74) is 2.76. The van der Waals surface area contributed by atoms with Gasteiger partial charge in [-0.15, -0.1) is 0 Å². The Balaban J connectivity index is 1.36. The van der Waals surface area contributed by atoms with Crippen molar-refractivity contribution in [2.45, 2.75) is 0 Å². The van der Waals surface area contributed by atoms with Crippen molar-refractivity contribution in [3.8, 4) is 0 Å². The summed E-state index contributed by atoms with van der Waals surface area (Å²) >= 11 is 6.08. The molecule has 2 heterocycles. The van der Waals surface area contributed by atoms with Crippen LogP contribution in [0.15, 0.2) is 72.9 Å². The first-order chi connectivity index (χ1) is 13.7. The number of pyridine rings is 1. The van der Waals surface area contributed by atoms with Gasteiger partial charge in [-0.1, -0.05) is 41.9 Å². The average Bonchev–Trinajstić information content (AvgIpc) is 2.75. The van der Waals surface area contributed by atoms with Crippen molar-refractivity contribution in [1.82, 2.24) is 4.98 Å². The quantitative estimate of drug-likeness (QED) is 0.718. The van der Waals surface area contributed by atoms with Crippen LogP contribution in [0.1, 0.15) is 10.4 Å². The molecule has 0 spiro atoms. The third-order valence-corrected chi connectivity index (χ3v) is 5.20. The van der Waals surface area contributed by atoms with Gasteiger partial charge in [-0.2, -0.15) is 0 Å². The third kappa shape index (κ3) is 4.10. The zero-order valence-electron chi connectivity index (χ0n) is 15.4. The van der Waals surface area contributed by atoms with Gasteiger partial charge in [0.25, 0.3) is 5.91 Å². The van der Waals surface area contributed by atoms with E-state index < -0.39 is 0 Å². The number of hydrogen-bond acceptors (Lipinski definition) is 4. The Morgan fingerprint density at radius 1 is 0.821 bits per heavy atom. The number of amides is 1. The summed E-state index contributed by atoms with van der Waals surface area (Å²) in [5.74, 6) is 0.249. The lowest BCUT2D eigenvalue weighted by molar-refractivity contribution is 0.102. The van der Waals surface area contributed by atoms with Gasteiger partial charge in [-0.3, -0.25) is 4.79 Å². The van der Waals surface area contributed by atoms with Crippen LogP contribution >= 0.6 is 11.6 Å². The maximum absolute atomic E-state index is 12.3. The number of rotatable bonds is 4. The number of para-hydroxylation sites is 1. The molecule has 0 bridgehead atoms. The molecule has 0 saturated carbocycles. The van der Waals surface area contributed by atoms with E-state index in [0.29, 0.717) is 16.4 Å². The summed E-state index contributed by atoms with van der Waals surface area (Å²) in [6.07, 6.45) is 1.81. The lowest BCUT2D eigenvalue weighted by Crippen LogP contribution is -2.46. The Morgan fingerprint density at radius 2 is 1.46 bits per heavy atom. The molecule has 1 fully saturated rings. The number of nitrogens with zero attached hydrogens (tertiary/aromatic N) is 3. The van der Waals surface area contributed by atoms with E-state index in [1.807, 2.05) is 18.2 Å². The number of aromatic nitrogens is 1. The van der Waals surface area contributed by atoms with Crippen LogP contribution in [0.4, 0.5) is 17.2 Å². The Morgan fingerprint density at radius 3 is 2.11 bits per heavy atom. The van der Waals surface area contributed by atoms with Gasteiger partial charge < -0.3 is 15.1 Å². The molecule has 28 heavy (non-hydrogen) atoms. The molecule has 0 unspecified atom stereocenters. The minimum Gasteiger partial charge on any atom is -0.368 e. The average molecular weight is 393 g/mol. The summed E-state index contributed by atoms with van der Waals surface area (Å²) in [7, 11) is 0. The largest absolute Gasteiger partial charge is 0.368 e. The smallest absolute Gasteiger partial charge is 0.258 e. The second-order valence-corrected chi connectivity index (χ2v) is 7.05. The highest BCUT2D eigenvalue weighted by atomic mass is 35.5. The summed E-state index contributed by atoms with van der Waals surface area (Å²) in [5, 5.41) is 3.22. The van der Waals surface area contributed by atoms with Gasteiger partial charge in [0, 0.05) is 31.9 Å². The first-order valence-electron chi connectivity index (χ1n) is 9.27. The predicted octanol–water partition coefficient (Wildman–Crippen LogP) is 4.31. The van der Waals surface area contributed by atoms with Gasteiger partial charge in [0.1, 0.15) is 5.82 Å². The molecule has 5 nitrogen and oxygen atoms in total. The van der Waals surface area contributed by atoms with Crippen molar-refractivity contribution in [2.75, 3.05) is 41.3 Å². The lowest BCUT2D eigenvalue weighted by Gasteiger charge is -2.37. The van der Waals surface area contributed by atoms with E-state index in [-0.39, 0.29) is 5.91 Å². The van der Waals surface area contributed by atoms with E-state index in [4.69, 9.17) is 11.6 Å². The summed E-state index contributed by atoms with van der Waals surface area (Å²) in [4.78, 5) is 21.4. The Bertz CT molecular complexity index is 938. The van der Waals surface area contributed by atoms with Crippen molar-refractivity contribution in [3.05, 3.63) is 83.5 Å². The molecule has 4 rings (SSSR count). The van der Waals surface area contributed by atoms with Gasteiger partial charge in [-0.25, -0.2) is 4.98 Å². The second kappa shape index (κ2) is 8.31. The Labute approximate surface area is 169 Å². The number of carbonyl (C=O) groups is 1. The van der Waals surface area contributed by atoms with Crippen LogP contribution in [-0.4, -0.2) is 37.1 Å². The second-order valence-electron chi connectivity index (χ2n) is 6.65. The number of halogens is 1. The molecule has 1 N–H and O–H groups in total. The number of anilines is 3. The standard InChI is InChI=1S/C22H21ClN4O/c23-20-9-5-4-8-19(20)22(28)25-21-11-10-18(16-24-21)27-14-12-26(13-15-27)17-6-2-1-3-7-17/h1-11,16H,12-15H2,(H,24,25,28). The lowest BCUT2D eigenvalue weighted by atomic mass is 10.2. The summed E-state index contributed by atoms with van der Waals surface area (Å²) in [6.45, 7) is 3.80. The van der Waals surface area contributed by atoms with Gasteiger partial charge in [-0.05, 0) is 36.4 Å². The maximum atomic E-state index is 12.3. The predicted molar refractivity (Wildman–Crippen MR) is 115 cm³/mol. The molecule has 1 aromatic heterocycles. The van der Waals surface area contributed by atoms with E-state index in [2.05, 4.69) is 44.4 Å². The molecule has 1 aliphatic rings. The topological polar surface area (TPSA) is 48.5 Å². The number of nitrogens with one attached hydrogen (secondary N) is 1. The minimum atomic E-state index is -0.262. The minimum absolute atomic E-state index is 0.262. The molecular weight excluding hydrogens is 372 g/mol. The van der Waals surface area contributed by atoms with Crippen LogP contribution in [0.2, 0.25) is 5.02 Å². The van der Waals surface area contributed by atoms with E-state index in [0.717, 1.165) is 31.9 Å². The van der Waals surface area contributed by atoms with Gasteiger partial charge >= 0.3 is 0 Å². The molecule has 0 aliphatic carbocycles. The van der Waals surface area contributed by atoms with E-state index in [1.165, 1.54) is 5.69 Å². The zero-order chi connectivity index (χ0) is 19.3. The van der Waals surface area contributed by atoms with Crippen molar-refractivity contribution in [1.29, 1.82) is 0 Å². The van der Waals surface area contributed by atoms with Crippen molar-refractivity contribution in [3.63, 3.8) is 0 Å². The monoisotopic (exact) mass is 392 g/mol. The summed E-state index contributed by atoms with van der Waals surface area (Å²) < 4.78 is 0. The maximum Gasteiger partial charge on any atom is 0.258 e. The molecule has 1 aliphatic heterocycles. The fourth-order valence-corrected chi connectivity index (χ4v) is 3.56. The first kappa shape index (κ1) is 18.3. The number of hydrogen-bond donors (Lipinski definition) is 1. The third-order valence-electron chi connectivity index (χ3n) is 4.87. The van der Waals surface area contributed by atoms with Crippen LogP contribution in [-0.2, 0) is 0 Å². The van der Waals surface area contributed by atoms with Crippen LogP contribution in [0.3, 0.4) is 0 Å². The van der Waals surface area contributed by atoms with Crippen LogP contribution in [0.5, 0.6) is 0 Å². The fraction of sp³-hybridized carbons (Fsp3) is 0.182. The van der Waals surface area contributed by atoms with E-state index in [1.54, 1.807) is 30.5 Å². The highest BCUT2D eigenvalue weighted by molar-refractivity contribution is 6.34. The van der Waals surface area contributed by atoms with Crippen molar-refractivity contribution >= 4 is 34.7 Å². The molecule has 6 heteroatoms. The Hall–Kier alpha value is -3.05. The number of carbonyl (C=O) groups excluding carboxylic acids is 1. The van der Waals surface area contributed by atoms with Crippen LogP contribution in [0.25, 0.3) is 0 Å². The first-order valence-corrected chi connectivity index (χ1v) is 9.65. The molecule has 0 atom stereocenters. The van der Waals surface area contributed by atoms with Gasteiger partial charge in [0.2, 0.25) is 0 Å². The molecule has 142 valence electrons. The normalized spacial score (nSPS) is 14.0. The van der Waals surface area contributed by atoms with Crippen LogP contribution in [0, 0.1) is 0 Å². The van der Waals surface area contributed by atoms with Crippen molar-refractivity contribution in [2.24, 2.45) is 0 Å². The fourth-order valence-electron chi connectivity index (χ4n) is 3.34. The highest BCUT2D eigenvalue weighted by Gasteiger charge is 2.18. The highest BCUT2D eigenvalue weighted by Crippen LogP contribution is 2.21. The molecular formula is C22H21ClN4O. The summed E-state index contributed by atoms with van der Waals surface area (Å²) in [6, 6.07) is 21.3. The molecule has 0 radical (unpaired) electrons. The van der Waals surface area contributed by atoms with Gasteiger partial charge in [0.05, 0.1) is 22.5 Å². The van der Waals surface area contributed by atoms with Gasteiger partial charge in [0.15, 0.2) is 0 Å². The van der Waals surface area contributed by atoms with E-state index >= 15 is 0 Å². The molecule has 3 aromatic rings. The molecule has 1 saturated heterocycles. The number of benzene rings is 2. The number of piperazine rings is 1.